The summed E-state index contributed by atoms with van der Waals surface area (Å²) in [7, 11) is -3.69. The van der Waals surface area contributed by atoms with Gasteiger partial charge in [0.2, 0.25) is 10.0 Å². The molecule has 25 heavy (non-hydrogen) atoms. The van der Waals surface area contributed by atoms with Crippen LogP contribution in [0, 0.1) is 6.92 Å². The maximum Gasteiger partial charge on any atom is 0.305 e. The minimum atomic E-state index is -3.69. The normalized spacial score (nSPS) is 18.2. The number of hydrogen-bond donors (Lipinski definition) is 2. The van der Waals surface area contributed by atoms with E-state index in [0.717, 1.165) is 0 Å². The maximum absolute atomic E-state index is 12.9. The van der Waals surface area contributed by atoms with Crippen molar-refractivity contribution in [3.63, 3.8) is 0 Å². The van der Waals surface area contributed by atoms with E-state index in [1.165, 1.54) is 17.0 Å². The number of aryl methyl sites for hydroxylation is 1. The van der Waals surface area contributed by atoms with Crippen molar-refractivity contribution in [2.75, 3.05) is 26.3 Å². The quantitative estimate of drug-likeness (QED) is 0.759. The molecule has 2 N–H and O–H groups in total. The molecule has 2 rings (SSSR count). The minimum Gasteiger partial charge on any atom is -0.481 e. The molecule has 1 aliphatic rings. The Morgan fingerprint density at radius 1 is 1.40 bits per heavy atom. The molecule has 0 spiro atoms. The van der Waals surface area contributed by atoms with E-state index in [9.17, 15) is 18.0 Å². The van der Waals surface area contributed by atoms with Crippen molar-refractivity contribution in [2.45, 2.75) is 31.2 Å². The largest absolute Gasteiger partial charge is 0.481 e. The number of hydrogen-bond acceptors (Lipinski definition) is 5. The lowest BCUT2D eigenvalue weighted by atomic mass is 10.0. The average molecular weight is 370 g/mol. The number of sulfonamides is 1. The second-order valence-corrected chi connectivity index (χ2v) is 7.57. The fourth-order valence-electron chi connectivity index (χ4n) is 2.72. The molecular formula is C16H22N2O6S. The van der Waals surface area contributed by atoms with Gasteiger partial charge in [-0.25, -0.2) is 13.1 Å². The Labute approximate surface area is 146 Å². The van der Waals surface area contributed by atoms with Crippen molar-refractivity contribution >= 4 is 21.9 Å². The standard InChI is InChI=1S/C16H22N2O6S/c1-3-17-25(22,23)13-5-4-11(2)14(9-13)16(21)18-6-7-24-10-12(18)8-15(19)20/h4-5,9,12,17H,3,6-8,10H2,1-2H3,(H,19,20). The number of morpholine rings is 1. The first-order chi connectivity index (χ1) is 11.8. The number of amides is 1. The van der Waals surface area contributed by atoms with Crippen LogP contribution in [-0.4, -0.2) is 62.6 Å². The average Bonchev–Trinajstić information content (AvgIpc) is 2.54. The highest BCUT2D eigenvalue weighted by Crippen LogP contribution is 2.21. The van der Waals surface area contributed by atoms with E-state index >= 15 is 0 Å². The van der Waals surface area contributed by atoms with Crippen LogP contribution < -0.4 is 4.72 Å². The molecular weight excluding hydrogens is 348 g/mol. The Hall–Kier alpha value is -1.97. The van der Waals surface area contributed by atoms with E-state index < -0.39 is 22.0 Å². The van der Waals surface area contributed by atoms with Crippen LogP contribution >= 0.6 is 0 Å². The highest BCUT2D eigenvalue weighted by molar-refractivity contribution is 7.89. The maximum atomic E-state index is 12.9. The number of carbonyl (C=O) groups is 2. The second kappa shape index (κ2) is 7.94. The molecule has 138 valence electrons. The first kappa shape index (κ1) is 19.4. The summed E-state index contributed by atoms with van der Waals surface area (Å²) in [6.45, 7) is 4.35. The molecule has 1 heterocycles. The summed E-state index contributed by atoms with van der Waals surface area (Å²) in [5, 5.41) is 9.02. The lowest BCUT2D eigenvalue weighted by molar-refractivity contribution is -0.139. The van der Waals surface area contributed by atoms with Crippen LogP contribution in [0.5, 0.6) is 0 Å². The third-order valence-electron chi connectivity index (χ3n) is 3.98. The summed E-state index contributed by atoms with van der Waals surface area (Å²) >= 11 is 0. The fraction of sp³-hybridized carbons (Fsp3) is 0.500. The number of carboxylic acid groups (broad SMARTS) is 1. The molecule has 0 aromatic heterocycles. The molecule has 0 radical (unpaired) electrons. The molecule has 1 atom stereocenters. The number of nitrogens with one attached hydrogen (secondary N) is 1. The Bertz CT molecular complexity index is 762. The Morgan fingerprint density at radius 2 is 2.12 bits per heavy atom. The molecule has 9 heteroatoms. The molecule has 1 aromatic carbocycles. The van der Waals surface area contributed by atoms with Gasteiger partial charge in [-0.3, -0.25) is 9.59 Å². The Kier molecular flexibility index (Phi) is 6.15. The molecule has 8 nitrogen and oxygen atoms in total. The van der Waals surface area contributed by atoms with Crippen molar-refractivity contribution in [1.82, 2.24) is 9.62 Å². The predicted molar refractivity (Wildman–Crippen MR) is 89.9 cm³/mol. The van der Waals surface area contributed by atoms with E-state index in [1.807, 2.05) is 0 Å². The zero-order valence-corrected chi connectivity index (χ0v) is 15.0. The predicted octanol–water partition coefficient (Wildman–Crippen LogP) is 0.609. The number of carboxylic acids is 1. The zero-order chi connectivity index (χ0) is 18.6. The molecule has 1 fully saturated rings. The van der Waals surface area contributed by atoms with Gasteiger partial charge in [-0.05, 0) is 24.6 Å². The molecule has 1 unspecified atom stereocenters. The van der Waals surface area contributed by atoms with Gasteiger partial charge in [0.15, 0.2) is 0 Å². The summed E-state index contributed by atoms with van der Waals surface area (Å²) in [6.07, 6.45) is -0.222. The number of carbonyl (C=O) groups excluding carboxylic acids is 1. The third-order valence-corrected chi connectivity index (χ3v) is 5.53. The van der Waals surface area contributed by atoms with Crippen molar-refractivity contribution in [3.05, 3.63) is 29.3 Å². The molecule has 1 saturated heterocycles. The summed E-state index contributed by atoms with van der Waals surface area (Å²) in [6, 6.07) is 3.78. The van der Waals surface area contributed by atoms with Crippen molar-refractivity contribution in [3.8, 4) is 0 Å². The molecule has 0 bridgehead atoms. The van der Waals surface area contributed by atoms with Crippen LogP contribution in [0.1, 0.15) is 29.3 Å². The van der Waals surface area contributed by atoms with Crippen molar-refractivity contribution < 1.29 is 27.9 Å². The fourth-order valence-corrected chi connectivity index (χ4v) is 3.79. The van der Waals surface area contributed by atoms with Gasteiger partial charge in [0.05, 0.1) is 30.6 Å². The lowest BCUT2D eigenvalue weighted by Gasteiger charge is -2.35. The van der Waals surface area contributed by atoms with Gasteiger partial charge in [-0.15, -0.1) is 0 Å². The Balaban J connectivity index is 2.35. The van der Waals surface area contributed by atoms with Gasteiger partial charge in [0, 0.05) is 18.7 Å². The highest BCUT2D eigenvalue weighted by Gasteiger charge is 2.31. The number of aliphatic carboxylic acids is 1. The van der Waals surface area contributed by atoms with Crippen molar-refractivity contribution in [1.29, 1.82) is 0 Å². The van der Waals surface area contributed by atoms with Crippen LogP contribution in [0.2, 0.25) is 0 Å². The van der Waals surface area contributed by atoms with Gasteiger partial charge < -0.3 is 14.7 Å². The smallest absolute Gasteiger partial charge is 0.305 e. The monoisotopic (exact) mass is 370 g/mol. The molecule has 1 aromatic rings. The zero-order valence-electron chi connectivity index (χ0n) is 14.2. The van der Waals surface area contributed by atoms with Gasteiger partial charge in [-0.1, -0.05) is 13.0 Å². The van der Waals surface area contributed by atoms with E-state index in [4.69, 9.17) is 9.84 Å². The highest BCUT2D eigenvalue weighted by atomic mass is 32.2. The van der Waals surface area contributed by atoms with Crippen LogP contribution in [0.4, 0.5) is 0 Å². The van der Waals surface area contributed by atoms with Crippen molar-refractivity contribution in [2.24, 2.45) is 0 Å². The van der Waals surface area contributed by atoms with Gasteiger partial charge in [0.25, 0.3) is 5.91 Å². The number of nitrogens with zero attached hydrogens (tertiary/aromatic N) is 1. The minimum absolute atomic E-state index is 0.00587. The summed E-state index contributed by atoms with van der Waals surface area (Å²) in [4.78, 5) is 25.4. The van der Waals surface area contributed by atoms with Gasteiger partial charge in [0.1, 0.15) is 0 Å². The number of benzene rings is 1. The lowest BCUT2D eigenvalue weighted by Crippen LogP contribution is -2.49. The molecule has 1 amide bonds. The van der Waals surface area contributed by atoms with Crippen LogP contribution in [0.15, 0.2) is 23.1 Å². The number of rotatable bonds is 6. The summed E-state index contributed by atoms with van der Waals surface area (Å²) in [5.74, 6) is -1.41. The third kappa shape index (κ3) is 4.56. The molecule has 0 saturated carbocycles. The molecule has 1 aliphatic heterocycles. The van der Waals surface area contributed by atoms with Gasteiger partial charge in [-0.2, -0.15) is 0 Å². The second-order valence-electron chi connectivity index (χ2n) is 5.80. The number of ether oxygens (including phenoxy) is 1. The van der Waals surface area contributed by atoms with E-state index in [2.05, 4.69) is 4.72 Å². The summed E-state index contributed by atoms with van der Waals surface area (Å²) in [5.41, 5.74) is 0.872. The topological polar surface area (TPSA) is 113 Å². The van der Waals surface area contributed by atoms with Crippen LogP contribution in [0.3, 0.4) is 0 Å². The van der Waals surface area contributed by atoms with E-state index in [0.29, 0.717) is 12.2 Å². The van der Waals surface area contributed by atoms with Gasteiger partial charge >= 0.3 is 5.97 Å². The van der Waals surface area contributed by atoms with Crippen LogP contribution in [-0.2, 0) is 19.6 Å². The molecule has 0 aliphatic carbocycles. The first-order valence-corrected chi connectivity index (χ1v) is 9.45. The Morgan fingerprint density at radius 3 is 2.76 bits per heavy atom. The van der Waals surface area contributed by atoms with Crippen LogP contribution in [0.25, 0.3) is 0 Å². The van der Waals surface area contributed by atoms with E-state index in [1.54, 1.807) is 19.9 Å². The van der Waals surface area contributed by atoms with E-state index in [-0.39, 0.29) is 42.5 Å². The first-order valence-electron chi connectivity index (χ1n) is 7.97. The SMILES string of the molecule is CCNS(=O)(=O)c1ccc(C)c(C(=O)N2CCOCC2CC(=O)O)c1. The summed E-state index contributed by atoms with van der Waals surface area (Å²) < 4.78 is 32.0.